The van der Waals surface area contributed by atoms with Crippen LogP contribution in [0.3, 0.4) is 0 Å². The van der Waals surface area contributed by atoms with Gasteiger partial charge in [-0.2, -0.15) is 10.1 Å². The van der Waals surface area contributed by atoms with Crippen LogP contribution in [0.15, 0.2) is 16.8 Å². The summed E-state index contributed by atoms with van der Waals surface area (Å²) in [4.78, 5) is 4.26. The molecule has 0 radical (unpaired) electrons. The van der Waals surface area contributed by atoms with Gasteiger partial charge in [0.1, 0.15) is 0 Å². The summed E-state index contributed by atoms with van der Waals surface area (Å²) in [7, 11) is 1.83. The fourth-order valence-corrected chi connectivity index (χ4v) is 1.25. The Hall–Kier alpha value is -1.69. The molecule has 2 N–H and O–H groups in total. The number of nitrogens with two attached hydrogens (primary N) is 1. The zero-order valence-electron chi connectivity index (χ0n) is 9.64. The average molecular weight is 221 g/mol. The number of nitrogens with zero attached hydrogens (tertiary/aromatic N) is 4. The van der Waals surface area contributed by atoms with Gasteiger partial charge in [-0.25, -0.2) is 0 Å². The van der Waals surface area contributed by atoms with Crippen molar-refractivity contribution in [2.45, 2.75) is 25.8 Å². The van der Waals surface area contributed by atoms with Gasteiger partial charge in [-0.15, -0.1) is 0 Å². The van der Waals surface area contributed by atoms with Gasteiger partial charge in [0.25, 0.3) is 5.89 Å². The molecule has 1 atom stereocenters. The molecule has 6 heteroatoms. The van der Waals surface area contributed by atoms with Gasteiger partial charge in [-0.05, 0) is 19.4 Å². The van der Waals surface area contributed by atoms with Crippen molar-refractivity contribution in [2.24, 2.45) is 12.8 Å². The summed E-state index contributed by atoms with van der Waals surface area (Å²) in [5.41, 5.74) is 6.12. The van der Waals surface area contributed by atoms with E-state index in [0.29, 0.717) is 17.4 Å². The summed E-state index contributed by atoms with van der Waals surface area (Å²) in [6, 6.07) is 1.82. The summed E-state index contributed by atoms with van der Waals surface area (Å²) in [6.07, 6.45) is 2.56. The molecule has 0 aliphatic rings. The van der Waals surface area contributed by atoms with Crippen molar-refractivity contribution in [3.63, 3.8) is 0 Å². The quantitative estimate of drug-likeness (QED) is 0.837. The highest BCUT2D eigenvalue weighted by atomic mass is 16.5. The van der Waals surface area contributed by atoms with Crippen molar-refractivity contribution >= 4 is 0 Å². The van der Waals surface area contributed by atoms with E-state index in [-0.39, 0.29) is 0 Å². The normalized spacial score (nSPS) is 15.0. The van der Waals surface area contributed by atoms with Crippen LogP contribution in [0.5, 0.6) is 0 Å². The van der Waals surface area contributed by atoms with Crippen molar-refractivity contribution in [1.82, 2.24) is 19.9 Å². The molecule has 0 aromatic carbocycles. The predicted molar refractivity (Wildman–Crippen MR) is 58.3 cm³/mol. The van der Waals surface area contributed by atoms with Crippen LogP contribution in [0.1, 0.15) is 26.1 Å². The molecule has 0 amide bonds. The Bertz CT molecular complexity index is 485. The number of aromatic nitrogens is 4. The molecular weight excluding hydrogens is 206 g/mol. The lowest BCUT2D eigenvalue weighted by Crippen LogP contribution is -2.33. The van der Waals surface area contributed by atoms with Crippen LogP contribution in [-0.4, -0.2) is 19.9 Å². The SMILES string of the molecule is CCC(C)(N)c1noc(-c2ccn(C)n2)n1. The highest BCUT2D eigenvalue weighted by Crippen LogP contribution is 2.21. The van der Waals surface area contributed by atoms with E-state index in [9.17, 15) is 0 Å². The summed E-state index contributed by atoms with van der Waals surface area (Å²) in [5, 5.41) is 8.07. The van der Waals surface area contributed by atoms with Crippen LogP contribution in [0, 0.1) is 0 Å². The van der Waals surface area contributed by atoms with E-state index in [0.717, 1.165) is 6.42 Å². The van der Waals surface area contributed by atoms with Gasteiger partial charge >= 0.3 is 0 Å². The molecule has 0 bridgehead atoms. The average Bonchev–Trinajstić information content (AvgIpc) is 2.85. The summed E-state index contributed by atoms with van der Waals surface area (Å²) in [5.74, 6) is 0.913. The van der Waals surface area contributed by atoms with Gasteiger partial charge in [0.05, 0.1) is 5.54 Å². The second-order valence-corrected chi connectivity index (χ2v) is 4.07. The number of hydrogen-bond donors (Lipinski definition) is 1. The van der Waals surface area contributed by atoms with E-state index in [2.05, 4.69) is 15.2 Å². The van der Waals surface area contributed by atoms with Crippen LogP contribution in [0.4, 0.5) is 0 Å². The van der Waals surface area contributed by atoms with Crippen molar-refractivity contribution in [3.05, 3.63) is 18.1 Å². The molecule has 86 valence electrons. The lowest BCUT2D eigenvalue weighted by Gasteiger charge is -2.16. The molecule has 2 aromatic rings. The third-order valence-electron chi connectivity index (χ3n) is 2.60. The van der Waals surface area contributed by atoms with E-state index in [1.54, 1.807) is 4.68 Å². The van der Waals surface area contributed by atoms with E-state index < -0.39 is 5.54 Å². The minimum Gasteiger partial charge on any atom is -0.332 e. The summed E-state index contributed by atoms with van der Waals surface area (Å²) >= 11 is 0. The molecule has 6 nitrogen and oxygen atoms in total. The molecule has 0 saturated carbocycles. The van der Waals surface area contributed by atoms with Crippen LogP contribution < -0.4 is 5.73 Å². The Balaban J connectivity index is 2.33. The molecular formula is C10H15N5O. The van der Waals surface area contributed by atoms with Gasteiger partial charge < -0.3 is 10.3 Å². The lowest BCUT2D eigenvalue weighted by molar-refractivity contribution is 0.378. The molecule has 2 heterocycles. The smallest absolute Gasteiger partial charge is 0.278 e. The van der Waals surface area contributed by atoms with Crippen LogP contribution in [0.25, 0.3) is 11.6 Å². The minimum absolute atomic E-state index is 0.403. The van der Waals surface area contributed by atoms with Crippen LogP contribution in [-0.2, 0) is 12.6 Å². The van der Waals surface area contributed by atoms with Crippen molar-refractivity contribution in [3.8, 4) is 11.6 Å². The molecule has 0 saturated heterocycles. The van der Waals surface area contributed by atoms with Gasteiger partial charge in [-0.1, -0.05) is 12.1 Å². The van der Waals surface area contributed by atoms with E-state index >= 15 is 0 Å². The monoisotopic (exact) mass is 221 g/mol. The van der Waals surface area contributed by atoms with Crippen molar-refractivity contribution in [1.29, 1.82) is 0 Å². The maximum absolute atomic E-state index is 6.02. The largest absolute Gasteiger partial charge is 0.332 e. The maximum atomic E-state index is 6.02. The topological polar surface area (TPSA) is 82.8 Å². The fraction of sp³-hybridized carbons (Fsp3) is 0.500. The molecule has 0 spiro atoms. The van der Waals surface area contributed by atoms with E-state index in [1.807, 2.05) is 33.2 Å². The third kappa shape index (κ3) is 1.83. The Morgan fingerprint density at radius 1 is 1.56 bits per heavy atom. The fourth-order valence-electron chi connectivity index (χ4n) is 1.25. The second-order valence-electron chi connectivity index (χ2n) is 4.07. The van der Waals surface area contributed by atoms with Crippen LogP contribution in [0.2, 0.25) is 0 Å². The minimum atomic E-state index is -0.559. The Labute approximate surface area is 93.4 Å². The zero-order chi connectivity index (χ0) is 11.8. The first kappa shape index (κ1) is 10.8. The molecule has 0 aliphatic heterocycles. The molecule has 2 aromatic heterocycles. The second kappa shape index (κ2) is 3.71. The third-order valence-corrected chi connectivity index (χ3v) is 2.60. The molecule has 1 unspecified atom stereocenters. The molecule has 16 heavy (non-hydrogen) atoms. The number of aryl methyl sites for hydroxylation is 1. The molecule has 0 fully saturated rings. The molecule has 0 aliphatic carbocycles. The first-order valence-electron chi connectivity index (χ1n) is 5.16. The first-order valence-corrected chi connectivity index (χ1v) is 5.16. The summed E-state index contributed by atoms with van der Waals surface area (Å²) < 4.78 is 6.82. The maximum Gasteiger partial charge on any atom is 0.278 e. The number of hydrogen-bond acceptors (Lipinski definition) is 5. The Morgan fingerprint density at radius 2 is 2.31 bits per heavy atom. The van der Waals surface area contributed by atoms with Gasteiger partial charge in [-0.3, -0.25) is 4.68 Å². The highest BCUT2D eigenvalue weighted by molar-refractivity contribution is 5.45. The first-order chi connectivity index (χ1) is 7.53. The van der Waals surface area contributed by atoms with E-state index in [4.69, 9.17) is 10.3 Å². The Morgan fingerprint density at radius 3 is 2.88 bits per heavy atom. The Kier molecular flexibility index (Phi) is 2.51. The lowest BCUT2D eigenvalue weighted by atomic mass is 10.0. The molecule has 2 rings (SSSR count). The standard InChI is InChI=1S/C10H15N5O/c1-4-10(2,11)9-12-8(16-14-9)7-5-6-15(3)13-7/h5-6H,4,11H2,1-3H3. The van der Waals surface area contributed by atoms with Crippen LogP contribution >= 0.6 is 0 Å². The predicted octanol–water partition coefficient (Wildman–Crippen LogP) is 1.05. The van der Waals surface area contributed by atoms with Gasteiger partial charge in [0, 0.05) is 13.2 Å². The van der Waals surface area contributed by atoms with Crippen molar-refractivity contribution in [2.75, 3.05) is 0 Å². The highest BCUT2D eigenvalue weighted by Gasteiger charge is 2.25. The zero-order valence-corrected chi connectivity index (χ0v) is 9.64. The van der Waals surface area contributed by atoms with E-state index in [1.165, 1.54) is 0 Å². The summed E-state index contributed by atoms with van der Waals surface area (Å²) in [6.45, 7) is 3.86. The van der Waals surface area contributed by atoms with Gasteiger partial charge in [0.15, 0.2) is 11.5 Å². The van der Waals surface area contributed by atoms with Crippen molar-refractivity contribution < 1.29 is 4.52 Å². The van der Waals surface area contributed by atoms with Gasteiger partial charge in [0.2, 0.25) is 0 Å². The number of rotatable bonds is 3.